The number of aliphatic hydroxyl groups is 6. The quantitative estimate of drug-likeness (QED) is 0.137. The van der Waals surface area contributed by atoms with E-state index in [9.17, 15) is 61.0 Å². The summed E-state index contributed by atoms with van der Waals surface area (Å²) in [5, 5.41) is 111. The Morgan fingerprint density at radius 2 is 1.14 bits per heavy atom. The number of hydrogen-bond donors (Lipinski definition) is 11. The molecule has 1 aromatic heterocycles. The first-order valence-electron chi connectivity index (χ1n) is 12.3. The van der Waals surface area contributed by atoms with E-state index in [1.54, 1.807) is 0 Å². The molecule has 0 unspecified atom stereocenters. The van der Waals surface area contributed by atoms with Gasteiger partial charge in [-0.3, -0.25) is 4.79 Å². The van der Waals surface area contributed by atoms with Crippen molar-refractivity contribution in [2.75, 3.05) is 13.2 Å². The molecule has 17 heteroatoms. The number of aliphatic hydroxyl groups excluding tert-OH is 6. The van der Waals surface area contributed by atoms with E-state index in [0.29, 0.717) is 0 Å². The van der Waals surface area contributed by atoms with Crippen LogP contribution in [0.2, 0.25) is 0 Å². The maximum Gasteiger partial charge on any atom is 0.229 e. The van der Waals surface area contributed by atoms with Gasteiger partial charge in [-0.1, -0.05) is 0 Å². The van der Waals surface area contributed by atoms with Gasteiger partial charge in [0.25, 0.3) is 0 Å². The van der Waals surface area contributed by atoms with Gasteiger partial charge in [-0.25, -0.2) is 0 Å². The lowest BCUT2D eigenvalue weighted by molar-refractivity contribution is -0.243. The van der Waals surface area contributed by atoms with Gasteiger partial charge in [0.15, 0.2) is 34.0 Å². The van der Waals surface area contributed by atoms with Crippen LogP contribution in [-0.2, 0) is 9.47 Å². The normalized spacial score (nSPS) is 29.9. The van der Waals surface area contributed by atoms with Crippen LogP contribution < -0.4 is 14.9 Å². The van der Waals surface area contributed by atoms with Gasteiger partial charge < -0.3 is 79.5 Å². The molecule has 2 saturated heterocycles. The molecule has 0 aliphatic carbocycles. The van der Waals surface area contributed by atoms with E-state index in [4.69, 9.17) is 23.4 Å². The van der Waals surface area contributed by atoms with Crippen molar-refractivity contribution in [3.05, 3.63) is 28.4 Å². The predicted molar refractivity (Wildman–Crippen MR) is 133 cm³/mol. The molecule has 5 rings (SSSR count). The minimum absolute atomic E-state index is 0.161. The molecule has 2 aliphatic heterocycles. The van der Waals surface area contributed by atoms with E-state index >= 15 is 0 Å². The average Bonchev–Trinajstić information content (AvgIpc) is 2.95. The molecular weight excluding hydrogens is 572 g/mol. The molecule has 3 aromatic rings. The second-order valence-electron chi connectivity index (χ2n) is 9.63. The van der Waals surface area contributed by atoms with E-state index in [-0.39, 0.29) is 11.3 Å². The Labute approximate surface area is 233 Å². The van der Waals surface area contributed by atoms with Gasteiger partial charge in [0.05, 0.1) is 13.2 Å². The summed E-state index contributed by atoms with van der Waals surface area (Å²) >= 11 is 0. The number of fused-ring (bicyclic) bond motifs is 1. The molecule has 228 valence electrons. The molecule has 0 bridgehead atoms. The molecule has 0 radical (unpaired) electrons. The lowest BCUT2D eigenvalue weighted by Crippen LogP contribution is -2.55. The van der Waals surface area contributed by atoms with Crippen molar-refractivity contribution in [2.45, 2.75) is 49.2 Å². The van der Waals surface area contributed by atoms with Crippen LogP contribution in [0.4, 0.5) is 0 Å². The first kappa shape index (κ1) is 29.4. The maximum absolute atomic E-state index is 13.3. The lowest BCUT2D eigenvalue weighted by Gasteiger charge is -2.36. The molecule has 0 amide bonds. The van der Waals surface area contributed by atoms with E-state index in [1.807, 2.05) is 0 Å². The highest BCUT2D eigenvalue weighted by atomic mass is 16.7. The van der Waals surface area contributed by atoms with Crippen LogP contribution in [0.15, 0.2) is 27.4 Å². The smallest absolute Gasteiger partial charge is 0.229 e. The van der Waals surface area contributed by atoms with Crippen molar-refractivity contribution in [2.24, 2.45) is 0 Å². The van der Waals surface area contributed by atoms with Crippen LogP contribution in [0.3, 0.4) is 0 Å². The van der Waals surface area contributed by atoms with E-state index in [1.165, 1.54) is 0 Å². The largest absolute Gasteiger partial charge is 0.504 e. The first-order valence-corrected chi connectivity index (χ1v) is 12.3. The molecule has 11 N–H and O–H groups in total. The summed E-state index contributed by atoms with van der Waals surface area (Å²) in [5.41, 5.74) is -1.89. The Hall–Kier alpha value is -4.07. The van der Waals surface area contributed by atoms with Gasteiger partial charge in [0.1, 0.15) is 47.8 Å². The fourth-order valence-corrected chi connectivity index (χ4v) is 4.42. The van der Waals surface area contributed by atoms with Crippen LogP contribution in [0.1, 0.15) is 0 Å². The number of ether oxygens (including phenoxy) is 4. The monoisotopic (exact) mass is 598 g/mol. The van der Waals surface area contributed by atoms with Crippen molar-refractivity contribution in [1.82, 2.24) is 0 Å². The summed E-state index contributed by atoms with van der Waals surface area (Å²) in [5.74, 6) is -6.78. The van der Waals surface area contributed by atoms with E-state index in [0.717, 1.165) is 18.2 Å². The van der Waals surface area contributed by atoms with Gasteiger partial charge in [0.2, 0.25) is 29.8 Å². The number of aromatic hydroxyl groups is 5. The van der Waals surface area contributed by atoms with Gasteiger partial charge in [-0.15, -0.1) is 0 Å². The third-order valence-corrected chi connectivity index (χ3v) is 6.77. The summed E-state index contributed by atoms with van der Waals surface area (Å²) in [6.45, 7) is -1.06. The summed E-state index contributed by atoms with van der Waals surface area (Å²) in [4.78, 5) is 13.3. The molecule has 2 aliphatic rings. The summed E-state index contributed by atoms with van der Waals surface area (Å²) in [6, 6.07) is 2.64. The van der Waals surface area contributed by atoms with E-state index in [2.05, 4.69) is 0 Å². The van der Waals surface area contributed by atoms with Crippen LogP contribution in [0.5, 0.6) is 40.2 Å². The molecule has 8 atom stereocenters. The van der Waals surface area contributed by atoms with Crippen LogP contribution in [0, 0.1) is 0 Å². The number of hydrogen-bond acceptors (Lipinski definition) is 17. The Balaban J connectivity index is 1.68. The number of phenols is 5. The molecule has 0 spiro atoms. The average molecular weight is 598 g/mol. The lowest BCUT2D eigenvalue weighted by atomic mass is 10.0. The van der Waals surface area contributed by atoms with Gasteiger partial charge in [-0.05, 0) is 12.1 Å². The molecule has 2 fully saturated rings. The minimum atomic E-state index is -1.91. The minimum Gasteiger partial charge on any atom is -0.504 e. The Kier molecular flexibility index (Phi) is 7.68. The predicted octanol–water partition coefficient (Wildman–Crippen LogP) is -2.38. The molecule has 42 heavy (non-hydrogen) atoms. The Morgan fingerprint density at radius 1 is 0.643 bits per heavy atom. The second kappa shape index (κ2) is 11.0. The van der Waals surface area contributed by atoms with Crippen molar-refractivity contribution in [3.63, 3.8) is 0 Å². The topological polar surface area (TPSA) is 290 Å². The van der Waals surface area contributed by atoms with Crippen LogP contribution >= 0.6 is 0 Å². The molecule has 0 saturated carbocycles. The highest BCUT2D eigenvalue weighted by Gasteiger charge is 2.43. The zero-order valence-electron chi connectivity index (χ0n) is 21.1. The third kappa shape index (κ3) is 4.97. The summed E-state index contributed by atoms with van der Waals surface area (Å²) in [6.07, 6.45) is -13.9. The zero-order chi connectivity index (χ0) is 30.6. The first-order chi connectivity index (χ1) is 19.8. The van der Waals surface area contributed by atoms with Gasteiger partial charge in [0, 0.05) is 11.6 Å². The maximum atomic E-state index is 13.3. The van der Waals surface area contributed by atoms with Crippen molar-refractivity contribution >= 4 is 11.0 Å². The fourth-order valence-electron chi connectivity index (χ4n) is 4.42. The number of benzene rings is 2. The SMILES string of the molecule is O=c1cc(-c2cc(O)c(O)c(O)c2)oc2c(O[C@@H]3OC[C@H](O)[C@H](O)[C@H]3O)c(O)c(O[C@@H]3OC[C@H](O)[C@H](O)[C@H]3O)c(O)c12. The van der Waals surface area contributed by atoms with Crippen LogP contribution in [0.25, 0.3) is 22.3 Å². The van der Waals surface area contributed by atoms with Crippen molar-refractivity contribution in [3.8, 4) is 51.6 Å². The number of rotatable bonds is 5. The highest BCUT2D eigenvalue weighted by molar-refractivity contribution is 5.95. The standard InChI is InChI=1S/C25H26O17/c26-7-3-12(6-1-8(27)14(31)9(28)2-6)40-21-13(7)17(34)22(41-24-18(35)15(32)10(29)4-38-24)20(37)23(21)42-25-19(36)16(33)11(30)5-39-25/h1-3,10-11,15-16,18-19,24-25,27-37H,4-5H2/t10-,11-,15-,16-,18+,19+,24-,25-/m0/s1. The van der Waals surface area contributed by atoms with Crippen LogP contribution in [-0.4, -0.2) is 119 Å². The van der Waals surface area contributed by atoms with Gasteiger partial charge >= 0.3 is 0 Å². The third-order valence-electron chi connectivity index (χ3n) is 6.77. The zero-order valence-corrected chi connectivity index (χ0v) is 21.1. The Bertz CT molecular complexity index is 1530. The fraction of sp³-hybridized carbons (Fsp3) is 0.400. The molecule has 17 nitrogen and oxygen atoms in total. The van der Waals surface area contributed by atoms with E-state index < -0.39 is 119 Å². The second-order valence-corrected chi connectivity index (χ2v) is 9.63. The Morgan fingerprint density at radius 3 is 1.67 bits per heavy atom. The number of phenolic OH excluding ortho intramolecular Hbond substituents is 5. The summed E-state index contributed by atoms with van der Waals surface area (Å²) in [7, 11) is 0. The van der Waals surface area contributed by atoms with Crippen molar-refractivity contribution < 1.29 is 79.5 Å². The molecule has 2 aromatic carbocycles. The summed E-state index contributed by atoms with van der Waals surface area (Å²) < 4.78 is 26.9. The highest BCUT2D eigenvalue weighted by Crippen LogP contribution is 2.51. The molecule has 3 heterocycles. The molecular formula is C25H26O17. The van der Waals surface area contributed by atoms with Gasteiger partial charge in [-0.2, -0.15) is 0 Å². The van der Waals surface area contributed by atoms with Crippen molar-refractivity contribution in [1.29, 1.82) is 0 Å².